The second-order valence-corrected chi connectivity index (χ2v) is 3.71. The Kier molecular flexibility index (Phi) is 3.52. The van der Waals surface area contributed by atoms with Gasteiger partial charge < -0.3 is 4.74 Å². The minimum Gasteiger partial charge on any atom is -0.496 e. The maximum Gasteiger partial charge on any atom is 0.267 e. The smallest absolute Gasteiger partial charge is 0.267 e. The van der Waals surface area contributed by atoms with Gasteiger partial charge in [0, 0.05) is 23.4 Å². The molecular weight excluding hydrogens is 232 g/mol. The van der Waals surface area contributed by atoms with Gasteiger partial charge in [0.1, 0.15) is 12.0 Å². The summed E-state index contributed by atoms with van der Waals surface area (Å²) in [6.45, 7) is 0.268. The van der Waals surface area contributed by atoms with E-state index in [1.807, 2.05) is 0 Å². The second kappa shape index (κ2) is 5.27. The van der Waals surface area contributed by atoms with E-state index in [9.17, 15) is 9.59 Å². The van der Waals surface area contributed by atoms with Gasteiger partial charge in [-0.05, 0) is 24.3 Å². The Balaban J connectivity index is 2.41. The Morgan fingerprint density at radius 2 is 2.22 bits per heavy atom. The fourth-order valence-corrected chi connectivity index (χ4v) is 1.66. The fourth-order valence-electron chi connectivity index (χ4n) is 1.66. The highest BCUT2D eigenvalue weighted by Crippen LogP contribution is 2.19. The van der Waals surface area contributed by atoms with Crippen LogP contribution in [0.4, 0.5) is 0 Å². The van der Waals surface area contributed by atoms with E-state index in [0.717, 1.165) is 11.8 Å². The van der Waals surface area contributed by atoms with Gasteiger partial charge in [0.25, 0.3) is 5.56 Å². The van der Waals surface area contributed by atoms with Crippen LogP contribution in [0.15, 0.2) is 41.3 Å². The van der Waals surface area contributed by atoms with Crippen molar-refractivity contribution in [2.24, 2.45) is 0 Å². The molecule has 0 fully saturated rings. The van der Waals surface area contributed by atoms with Crippen molar-refractivity contribution in [1.29, 1.82) is 0 Å². The molecular formula is C13H12N2O3. The molecule has 92 valence electrons. The van der Waals surface area contributed by atoms with Crippen LogP contribution in [0.5, 0.6) is 5.75 Å². The third kappa shape index (κ3) is 2.45. The molecule has 0 radical (unpaired) electrons. The molecule has 0 amide bonds. The van der Waals surface area contributed by atoms with Crippen LogP contribution in [-0.2, 0) is 6.54 Å². The standard InChI is InChI=1S/C13H12N2O3/c1-18-12-5-4-10(9-16)7-11(12)8-15-13(17)3-2-6-14-15/h2-7,9H,8H2,1H3. The second-order valence-electron chi connectivity index (χ2n) is 3.71. The molecule has 0 atom stereocenters. The van der Waals surface area contributed by atoms with Crippen molar-refractivity contribution in [3.63, 3.8) is 0 Å². The minimum atomic E-state index is -0.198. The molecule has 0 aliphatic rings. The minimum absolute atomic E-state index is 0.198. The molecule has 2 rings (SSSR count). The third-order valence-electron chi connectivity index (χ3n) is 2.55. The fraction of sp³-hybridized carbons (Fsp3) is 0.154. The Morgan fingerprint density at radius 3 is 2.89 bits per heavy atom. The van der Waals surface area contributed by atoms with Crippen LogP contribution in [0.3, 0.4) is 0 Å². The highest BCUT2D eigenvalue weighted by molar-refractivity contribution is 5.75. The summed E-state index contributed by atoms with van der Waals surface area (Å²) in [5.41, 5.74) is 1.08. The quantitative estimate of drug-likeness (QED) is 0.756. The molecule has 0 saturated heterocycles. The molecule has 1 aromatic heterocycles. The number of ether oxygens (including phenoxy) is 1. The highest BCUT2D eigenvalue weighted by atomic mass is 16.5. The first-order chi connectivity index (χ1) is 8.74. The average Bonchev–Trinajstić information content (AvgIpc) is 2.41. The van der Waals surface area contributed by atoms with Crippen LogP contribution in [0.25, 0.3) is 0 Å². The number of hydrogen-bond donors (Lipinski definition) is 0. The molecule has 18 heavy (non-hydrogen) atoms. The van der Waals surface area contributed by atoms with Crippen LogP contribution >= 0.6 is 0 Å². The SMILES string of the molecule is COc1ccc(C=O)cc1Cn1ncccc1=O. The summed E-state index contributed by atoms with van der Waals surface area (Å²) >= 11 is 0. The zero-order valence-corrected chi connectivity index (χ0v) is 9.87. The van der Waals surface area contributed by atoms with E-state index in [-0.39, 0.29) is 12.1 Å². The Labute approximate surface area is 104 Å². The van der Waals surface area contributed by atoms with Gasteiger partial charge in [-0.15, -0.1) is 0 Å². The van der Waals surface area contributed by atoms with Crippen LogP contribution < -0.4 is 10.3 Å². The number of carbonyl (C=O) groups excluding carboxylic acids is 1. The predicted molar refractivity (Wildman–Crippen MR) is 66.0 cm³/mol. The van der Waals surface area contributed by atoms with Gasteiger partial charge in [0.15, 0.2) is 0 Å². The molecule has 0 aliphatic carbocycles. The van der Waals surface area contributed by atoms with Crippen LogP contribution in [0, 0.1) is 0 Å². The third-order valence-corrected chi connectivity index (χ3v) is 2.55. The summed E-state index contributed by atoms with van der Waals surface area (Å²) in [7, 11) is 1.54. The Hall–Kier alpha value is -2.43. The van der Waals surface area contributed by atoms with Crippen LogP contribution in [-0.4, -0.2) is 23.2 Å². The predicted octanol–water partition coefficient (Wildman–Crippen LogP) is 1.11. The van der Waals surface area contributed by atoms with Crippen molar-refractivity contribution in [2.45, 2.75) is 6.54 Å². The van der Waals surface area contributed by atoms with E-state index in [4.69, 9.17) is 4.74 Å². The van der Waals surface area contributed by atoms with E-state index in [1.54, 1.807) is 31.4 Å². The van der Waals surface area contributed by atoms with Crippen molar-refractivity contribution in [3.05, 3.63) is 58.0 Å². The van der Waals surface area contributed by atoms with Crippen molar-refractivity contribution in [3.8, 4) is 5.75 Å². The van der Waals surface area contributed by atoms with Crippen molar-refractivity contribution < 1.29 is 9.53 Å². The first kappa shape index (κ1) is 12.0. The van der Waals surface area contributed by atoms with Gasteiger partial charge in [-0.1, -0.05) is 0 Å². The van der Waals surface area contributed by atoms with E-state index < -0.39 is 0 Å². The van der Waals surface area contributed by atoms with Crippen molar-refractivity contribution in [2.75, 3.05) is 7.11 Å². The number of nitrogens with zero attached hydrogens (tertiary/aromatic N) is 2. The van der Waals surface area contributed by atoms with Crippen molar-refractivity contribution in [1.82, 2.24) is 9.78 Å². The number of methoxy groups -OCH3 is 1. The summed E-state index contributed by atoms with van der Waals surface area (Å²) < 4.78 is 6.51. The highest BCUT2D eigenvalue weighted by Gasteiger charge is 2.06. The van der Waals surface area contributed by atoms with E-state index in [2.05, 4.69) is 5.10 Å². The van der Waals surface area contributed by atoms with Crippen LogP contribution in [0.2, 0.25) is 0 Å². The van der Waals surface area contributed by atoms with E-state index >= 15 is 0 Å². The van der Waals surface area contributed by atoms with Gasteiger partial charge in [0.2, 0.25) is 0 Å². The Bertz CT molecular complexity index is 620. The van der Waals surface area contributed by atoms with E-state index in [0.29, 0.717) is 11.3 Å². The zero-order valence-electron chi connectivity index (χ0n) is 9.87. The molecule has 2 aromatic rings. The average molecular weight is 244 g/mol. The maximum atomic E-state index is 11.6. The maximum absolute atomic E-state index is 11.6. The van der Waals surface area contributed by atoms with Crippen molar-refractivity contribution >= 4 is 6.29 Å². The number of rotatable bonds is 4. The van der Waals surface area contributed by atoms with Gasteiger partial charge in [-0.2, -0.15) is 5.10 Å². The number of benzene rings is 1. The summed E-state index contributed by atoms with van der Waals surface area (Å²) in [5.74, 6) is 0.623. The molecule has 0 saturated carbocycles. The first-order valence-corrected chi connectivity index (χ1v) is 5.39. The largest absolute Gasteiger partial charge is 0.496 e. The molecule has 0 aliphatic heterocycles. The number of hydrogen-bond acceptors (Lipinski definition) is 4. The number of aromatic nitrogens is 2. The zero-order chi connectivity index (χ0) is 13.0. The summed E-state index contributed by atoms with van der Waals surface area (Å²) in [6, 6.07) is 8.07. The molecule has 1 heterocycles. The van der Waals surface area contributed by atoms with Gasteiger partial charge in [-0.3, -0.25) is 9.59 Å². The molecule has 5 nitrogen and oxygen atoms in total. The molecule has 0 bridgehead atoms. The number of carbonyl (C=O) groups is 1. The lowest BCUT2D eigenvalue weighted by molar-refractivity contribution is 0.112. The number of aldehydes is 1. The van der Waals surface area contributed by atoms with Crippen LogP contribution in [0.1, 0.15) is 15.9 Å². The topological polar surface area (TPSA) is 61.2 Å². The van der Waals surface area contributed by atoms with Gasteiger partial charge in [0.05, 0.1) is 13.7 Å². The van der Waals surface area contributed by atoms with E-state index in [1.165, 1.54) is 16.9 Å². The monoisotopic (exact) mass is 244 g/mol. The van der Waals surface area contributed by atoms with Gasteiger partial charge >= 0.3 is 0 Å². The lowest BCUT2D eigenvalue weighted by atomic mass is 10.1. The molecule has 0 spiro atoms. The molecule has 5 heteroatoms. The molecule has 0 N–H and O–H groups in total. The summed E-state index contributed by atoms with van der Waals surface area (Å²) in [6.07, 6.45) is 2.29. The van der Waals surface area contributed by atoms with Gasteiger partial charge in [-0.25, -0.2) is 4.68 Å². The lowest BCUT2D eigenvalue weighted by Gasteiger charge is -2.09. The first-order valence-electron chi connectivity index (χ1n) is 5.39. The molecule has 1 aromatic carbocycles. The summed E-state index contributed by atoms with van der Waals surface area (Å²) in [4.78, 5) is 22.3. The Morgan fingerprint density at radius 1 is 1.39 bits per heavy atom. The molecule has 0 unspecified atom stereocenters. The summed E-state index contributed by atoms with van der Waals surface area (Å²) in [5, 5.41) is 3.96. The normalized spacial score (nSPS) is 10.1. The lowest BCUT2D eigenvalue weighted by Crippen LogP contribution is -2.22.